The minimum Gasteiger partial charge on any atom is -0.469 e. The van der Waals surface area contributed by atoms with E-state index in [9.17, 15) is 19.2 Å². The molecule has 0 aromatic rings. The summed E-state index contributed by atoms with van der Waals surface area (Å²) in [6.45, 7) is 0. The van der Waals surface area contributed by atoms with Gasteiger partial charge in [0.05, 0.1) is 34.9 Å². The van der Waals surface area contributed by atoms with Gasteiger partial charge in [0.1, 0.15) is 0 Å². The Labute approximate surface area is 142 Å². The Morgan fingerprint density at radius 1 is 0.960 bits per heavy atom. The van der Waals surface area contributed by atoms with Crippen LogP contribution in [-0.2, 0) is 47.8 Å². The van der Waals surface area contributed by atoms with Crippen LogP contribution in [0.1, 0.15) is 12.8 Å². The van der Waals surface area contributed by atoms with Crippen molar-refractivity contribution in [2.75, 3.05) is 28.4 Å². The molecule has 2 aliphatic rings. The molecule has 2 fully saturated rings. The Hall–Kier alpha value is -2.24. The summed E-state index contributed by atoms with van der Waals surface area (Å²) in [6.07, 6.45) is -3.08. The lowest BCUT2D eigenvalue weighted by molar-refractivity contribution is -0.362. The van der Waals surface area contributed by atoms with E-state index in [4.69, 9.17) is 14.4 Å². The van der Waals surface area contributed by atoms with Crippen LogP contribution >= 0.6 is 0 Å². The minimum atomic E-state index is -1.71. The number of hydrogen-bond donors (Lipinski definition) is 0. The molecule has 2 heterocycles. The highest BCUT2D eigenvalue weighted by molar-refractivity contribution is 5.88. The first kappa shape index (κ1) is 19.1. The van der Waals surface area contributed by atoms with Crippen molar-refractivity contribution >= 4 is 23.9 Å². The highest BCUT2D eigenvalue weighted by atomic mass is 17.0. The van der Waals surface area contributed by atoms with Crippen molar-refractivity contribution in [3.63, 3.8) is 0 Å². The van der Waals surface area contributed by atoms with Crippen LogP contribution in [0, 0.1) is 5.92 Å². The zero-order valence-electron chi connectivity index (χ0n) is 14.2. The predicted octanol–water partition coefficient (Wildman–Crippen LogP) is -1.26. The zero-order chi connectivity index (χ0) is 18.8. The first-order valence-corrected chi connectivity index (χ1v) is 7.30. The molecule has 140 valence electrons. The molecule has 0 saturated carbocycles. The Kier molecular flexibility index (Phi) is 5.60. The molecule has 0 aromatic carbocycles. The van der Waals surface area contributed by atoms with Gasteiger partial charge in [-0.2, -0.15) is 0 Å². The lowest BCUT2D eigenvalue weighted by Crippen LogP contribution is -2.52. The van der Waals surface area contributed by atoms with Gasteiger partial charge in [-0.05, 0) is 5.23 Å². The number of rotatable bonds is 5. The summed E-state index contributed by atoms with van der Waals surface area (Å²) in [5.74, 6) is -4.14. The molecule has 0 amide bonds. The Morgan fingerprint density at radius 3 is 2.12 bits per heavy atom. The lowest BCUT2D eigenvalue weighted by atomic mass is 9.76. The number of carbonyl (C=O) groups excluding carboxylic acids is 4. The Morgan fingerprint density at radius 2 is 1.60 bits per heavy atom. The summed E-state index contributed by atoms with van der Waals surface area (Å²) in [4.78, 5) is 58.8. The molecule has 0 aromatic heterocycles. The highest BCUT2D eigenvalue weighted by Crippen LogP contribution is 2.49. The van der Waals surface area contributed by atoms with Crippen LogP contribution in [0.25, 0.3) is 0 Å². The Bertz CT molecular complexity index is 578. The standard InChI is InChI=1S/C14H19NO10/c1-20-9(16)5-7-10(12(18)22-3)25-15-14(7,13(19)23-4)6-8(24-15)11(17)21-2/h7-8,10H,5-6H2,1-4H3. The third-order valence-corrected chi connectivity index (χ3v) is 4.28. The number of fused-ring (bicyclic) bond motifs is 1. The fourth-order valence-electron chi connectivity index (χ4n) is 3.04. The molecule has 11 heteroatoms. The molecule has 25 heavy (non-hydrogen) atoms. The summed E-state index contributed by atoms with van der Waals surface area (Å²) in [5.41, 5.74) is -1.71. The first-order valence-electron chi connectivity index (χ1n) is 7.30. The van der Waals surface area contributed by atoms with E-state index in [1.54, 1.807) is 0 Å². The number of hydrogen-bond acceptors (Lipinski definition) is 11. The van der Waals surface area contributed by atoms with Crippen LogP contribution < -0.4 is 0 Å². The van der Waals surface area contributed by atoms with Crippen molar-refractivity contribution < 1.29 is 47.8 Å². The van der Waals surface area contributed by atoms with E-state index in [-0.39, 0.29) is 12.8 Å². The normalized spacial score (nSPS) is 31.1. The molecule has 2 rings (SSSR count). The van der Waals surface area contributed by atoms with Crippen LogP contribution in [0.15, 0.2) is 0 Å². The number of hydroxylamine groups is 2. The molecule has 0 spiro atoms. The summed E-state index contributed by atoms with van der Waals surface area (Å²) < 4.78 is 18.7. The van der Waals surface area contributed by atoms with Gasteiger partial charge in [0.2, 0.25) is 0 Å². The lowest BCUT2D eigenvalue weighted by Gasteiger charge is -2.29. The molecular formula is C14H19NO10. The molecular weight excluding hydrogens is 342 g/mol. The molecule has 0 aliphatic carbocycles. The maximum atomic E-state index is 12.5. The summed E-state index contributed by atoms with van der Waals surface area (Å²) in [7, 11) is 4.58. The number of esters is 4. The van der Waals surface area contributed by atoms with Gasteiger partial charge in [0, 0.05) is 12.3 Å². The average Bonchev–Trinajstić information content (AvgIpc) is 3.14. The SMILES string of the molecule is COC(=O)CC1C(C(=O)OC)ON2OC(C(=O)OC)CC12C(=O)OC. The number of methoxy groups -OCH3 is 4. The molecule has 2 saturated heterocycles. The topological polar surface area (TPSA) is 127 Å². The second-order valence-electron chi connectivity index (χ2n) is 5.43. The highest BCUT2D eigenvalue weighted by Gasteiger charge is 2.70. The van der Waals surface area contributed by atoms with Crippen LogP contribution in [0.3, 0.4) is 0 Å². The molecule has 0 bridgehead atoms. The van der Waals surface area contributed by atoms with E-state index in [0.717, 1.165) is 33.7 Å². The summed E-state index contributed by atoms with van der Waals surface area (Å²) >= 11 is 0. The van der Waals surface area contributed by atoms with Gasteiger partial charge < -0.3 is 18.9 Å². The molecule has 0 N–H and O–H groups in total. The fraction of sp³-hybridized carbons (Fsp3) is 0.714. The maximum Gasteiger partial charge on any atom is 0.337 e. The maximum absolute atomic E-state index is 12.5. The van der Waals surface area contributed by atoms with Crippen molar-refractivity contribution in [3.05, 3.63) is 0 Å². The van der Waals surface area contributed by atoms with Gasteiger partial charge in [-0.15, -0.1) is 0 Å². The van der Waals surface area contributed by atoms with E-state index < -0.39 is 47.5 Å². The van der Waals surface area contributed by atoms with E-state index in [1.165, 1.54) is 0 Å². The average molecular weight is 361 g/mol. The Balaban J connectivity index is 2.45. The van der Waals surface area contributed by atoms with Gasteiger partial charge in [0.25, 0.3) is 0 Å². The molecule has 11 nitrogen and oxygen atoms in total. The van der Waals surface area contributed by atoms with E-state index in [2.05, 4.69) is 14.2 Å². The molecule has 0 radical (unpaired) electrons. The van der Waals surface area contributed by atoms with Gasteiger partial charge >= 0.3 is 23.9 Å². The third-order valence-electron chi connectivity index (χ3n) is 4.28. The second-order valence-corrected chi connectivity index (χ2v) is 5.43. The first-order chi connectivity index (χ1) is 11.8. The number of nitrogens with zero attached hydrogens (tertiary/aromatic N) is 1. The van der Waals surface area contributed by atoms with Crippen LogP contribution in [0.2, 0.25) is 0 Å². The minimum absolute atomic E-state index is 0.235. The molecule has 4 atom stereocenters. The van der Waals surface area contributed by atoms with Crippen molar-refractivity contribution in [3.8, 4) is 0 Å². The number of carbonyl (C=O) groups is 4. The smallest absolute Gasteiger partial charge is 0.337 e. The quantitative estimate of drug-likeness (QED) is 0.430. The van der Waals surface area contributed by atoms with E-state index in [1.807, 2.05) is 0 Å². The van der Waals surface area contributed by atoms with Gasteiger partial charge in [-0.25, -0.2) is 14.4 Å². The van der Waals surface area contributed by atoms with E-state index in [0.29, 0.717) is 0 Å². The van der Waals surface area contributed by atoms with E-state index >= 15 is 0 Å². The van der Waals surface area contributed by atoms with Crippen molar-refractivity contribution in [2.24, 2.45) is 5.92 Å². The van der Waals surface area contributed by atoms with Crippen LogP contribution in [-0.4, -0.2) is 75.3 Å². The fourth-order valence-corrected chi connectivity index (χ4v) is 3.04. The number of ether oxygens (including phenoxy) is 4. The van der Waals surface area contributed by atoms with Gasteiger partial charge in [0.15, 0.2) is 17.7 Å². The van der Waals surface area contributed by atoms with Gasteiger partial charge in [-0.1, -0.05) is 0 Å². The van der Waals surface area contributed by atoms with Crippen LogP contribution in [0.4, 0.5) is 0 Å². The van der Waals surface area contributed by atoms with Crippen molar-refractivity contribution in [2.45, 2.75) is 30.6 Å². The van der Waals surface area contributed by atoms with Gasteiger partial charge in [-0.3, -0.25) is 14.5 Å². The van der Waals surface area contributed by atoms with Crippen molar-refractivity contribution in [1.82, 2.24) is 5.23 Å². The molecule has 4 unspecified atom stereocenters. The molecule has 2 aliphatic heterocycles. The summed E-state index contributed by atoms with van der Waals surface area (Å²) in [6, 6.07) is 0. The summed E-state index contributed by atoms with van der Waals surface area (Å²) in [5, 5.41) is 0.732. The van der Waals surface area contributed by atoms with Crippen LogP contribution in [0.5, 0.6) is 0 Å². The third kappa shape index (κ3) is 3.05. The van der Waals surface area contributed by atoms with Crippen molar-refractivity contribution in [1.29, 1.82) is 0 Å². The monoisotopic (exact) mass is 361 g/mol. The predicted molar refractivity (Wildman–Crippen MR) is 75.1 cm³/mol. The largest absolute Gasteiger partial charge is 0.469 e. The second kappa shape index (κ2) is 7.33. The zero-order valence-corrected chi connectivity index (χ0v) is 14.2.